The first-order chi connectivity index (χ1) is 8.68. The summed E-state index contributed by atoms with van der Waals surface area (Å²) in [6.07, 6.45) is 3.66. The molecule has 0 heterocycles. The predicted octanol–water partition coefficient (Wildman–Crippen LogP) is 2.56. The summed E-state index contributed by atoms with van der Waals surface area (Å²) in [5.41, 5.74) is -0.551. The molecule has 0 aliphatic heterocycles. The van der Waals surface area contributed by atoms with Crippen molar-refractivity contribution in [3.05, 3.63) is 23.5 Å². The van der Waals surface area contributed by atoms with Crippen molar-refractivity contribution in [3.8, 4) is 11.5 Å². The molecular formula is C13H14FNO3. The molecule has 0 unspecified atom stereocenters. The van der Waals surface area contributed by atoms with E-state index < -0.39 is 11.4 Å². The molecule has 18 heavy (non-hydrogen) atoms. The quantitative estimate of drug-likeness (QED) is 0.610. The molecule has 0 amide bonds. The van der Waals surface area contributed by atoms with Crippen molar-refractivity contribution in [2.45, 2.75) is 24.8 Å². The molecule has 0 atom stereocenters. The van der Waals surface area contributed by atoms with Crippen LogP contribution in [0, 0.1) is 5.82 Å². The lowest BCUT2D eigenvalue weighted by atomic mass is 9.71. The van der Waals surface area contributed by atoms with Gasteiger partial charge in [0.2, 0.25) is 6.08 Å². The Bertz CT molecular complexity index is 505. The van der Waals surface area contributed by atoms with Crippen molar-refractivity contribution >= 4 is 6.08 Å². The molecule has 1 aliphatic rings. The van der Waals surface area contributed by atoms with Gasteiger partial charge in [-0.3, -0.25) is 0 Å². The van der Waals surface area contributed by atoms with E-state index in [1.54, 1.807) is 0 Å². The van der Waals surface area contributed by atoms with Gasteiger partial charge in [-0.1, -0.05) is 0 Å². The standard InChI is InChI=1S/C13H14FNO3/c1-17-10-5-4-9(14)11(12(10)18-2)13(15-8-16)6-3-7-13/h4-5H,3,6-7H2,1-2H3. The highest BCUT2D eigenvalue weighted by molar-refractivity contribution is 5.53. The van der Waals surface area contributed by atoms with Gasteiger partial charge in [-0.25, -0.2) is 9.18 Å². The first kappa shape index (κ1) is 12.6. The molecule has 0 saturated heterocycles. The van der Waals surface area contributed by atoms with Gasteiger partial charge < -0.3 is 9.47 Å². The molecule has 0 spiro atoms. The van der Waals surface area contributed by atoms with E-state index >= 15 is 0 Å². The van der Waals surface area contributed by atoms with E-state index in [1.807, 2.05) is 0 Å². The summed E-state index contributed by atoms with van der Waals surface area (Å²) < 4.78 is 24.4. The smallest absolute Gasteiger partial charge is 0.235 e. The van der Waals surface area contributed by atoms with Crippen molar-refractivity contribution in [1.82, 2.24) is 0 Å². The molecule has 0 aromatic heterocycles. The molecule has 0 bridgehead atoms. The Kier molecular flexibility index (Phi) is 3.34. The third-order valence-electron chi connectivity index (χ3n) is 3.40. The number of benzene rings is 1. The lowest BCUT2D eigenvalue weighted by molar-refractivity contribution is 0.233. The third kappa shape index (κ3) is 1.77. The minimum atomic E-state index is -0.842. The molecule has 4 nitrogen and oxygen atoms in total. The van der Waals surface area contributed by atoms with Gasteiger partial charge in [0.25, 0.3) is 0 Å². The molecule has 1 aromatic rings. The van der Waals surface area contributed by atoms with E-state index in [1.165, 1.54) is 32.4 Å². The van der Waals surface area contributed by atoms with Crippen molar-refractivity contribution in [3.63, 3.8) is 0 Å². The molecule has 96 valence electrons. The van der Waals surface area contributed by atoms with E-state index in [2.05, 4.69) is 4.99 Å². The van der Waals surface area contributed by atoms with Crippen molar-refractivity contribution < 1.29 is 18.7 Å². The average Bonchev–Trinajstić information content (AvgIpc) is 2.34. The number of nitrogens with zero attached hydrogens (tertiary/aromatic N) is 1. The third-order valence-corrected chi connectivity index (χ3v) is 3.40. The molecule has 1 aliphatic carbocycles. The minimum Gasteiger partial charge on any atom is -0.493 e. The van der Waals surface area contributed by atoms with Gasteiger partial charge in [0.1, 0.15) is 11.4 Å². The fraction of sp³-hybridized carbons (Fsp3) is 0.462. The van der Waals surface area contributed by atoms with Crippen LogP contribution in [0.5, 0.6) is 11.5 Å². The van der Waals surface area contributed by atoms with Gasteiger partial charge in [-0.2, -0.15) is 4.99 Å². The van der Waals surface area contributed by atoms with E-state index in [-0.39, 0.29) is 0 Å². The molecule has 0 radical (unpaired) electrons. The second-order valence-electron chi connectivity index (χ2n) is 4.25. The molecule has 1 saturated carbocycles. The zero-order valence-electron chi connectivity index (χ0n) is 10.3. The maximum absolute atomic E-state index is 14.1. The zero-order valence-corrected chi connectivity index (χ0v) is 10.3. The fourth-order valence-corrected chi connectivity index (χ4v) is 2.35. The van der Waals surface area contributed by atoms with Crippen LogP contribution in [0.2, 0.25) is 0 Å². The molecule has 1 fully saturated rings. The van der Waals surface area contributed by atoms with Crippen molar-refractivity contribution in [1.29, 1.82) is 0 Å². The van der Waals surface area contributed by atoms with Gasteiger partial charge in [0, 0.05) is 0 Å². The van der Waals surface area contributed by atoms with Gasteiger partial charge in [0.05, 0.1) is 19.8 Å². The van der Waals surface area contributed by atoms with Crippen LogP contribution >= 0.6 is 0 Å². The molecular weight excluding hydrogens is 237 g/mol. The first-order valence-corrected chi connectivity index (χ1v) is 5.68. The van der Waals surface area contributed by atoms with Crippen molar-refractivity contribution in [2.75, 3.05) is 14.2 Å². The molecule has 2 rings (SSSR count). The summed E-state index contributed by atoms with van der Waals surface area (Å²) >= 11 is 0. The van der Waals surface area contributed by atoms with Crippen LogP contribution in [0.3, 0.4) is 0 Å². The molecule has 0 N–H and O–H groups in total. The first-order valence-electron chi connectivity index (χ1n) is 5.68. The topological polar surface area (TPSA) is 47.9 Å². The maximum Gasteiger partial charge on any atom is 0.235 e. The van der Waals surface area contributed by atoms with Crippen LogP contribution in [0.15, 0.2) is 17.1 Å². The number of hydrogen-bond acceptors (Lipinski definition) is 4. The highest BCUT2D eigenvalue weighted by Crippen LogP contribution is 2.51. The van der Waals surface area contributed by atoms with Gasteiger partial charge in [-0.05, 0) is 31.4 Å². The number of carbonyl (C=O) groups excluding carboxylic acids is 1. The average molecular weight is 251 g/mol. The Hall–Kier alpha value is -1.87. The van der Waals surface area contributed by atoms with E-state index in [4.69, 9.17) is 9.47 Å². The Morgan fingerprint density at radius 2 is 2.06 bits per heavy atom. The summed E-state index contributed by atoms with van der Waals surface area (Å²) in [5, 5.41) is 0. The number of ether oxygens (including phenoxy) is 2. The fourth-order valence-electron chi connectivity index (χ4n) is 2.35. The second kappa shape index (κ2) is 4.78. The van der Waals surface area contributed by atoms with Crippen molar-refractivity contribution in [2.24, 2.45) is 4.99 Å². The Balaban J connectivity index is 2.64. The Morgan fingerprint density at radius 1 is 1.33 bits per heavy atom. The van der Waals surface area contributed by atoms with E-state index in [0.29, 0.717) is 29.9 Å². The highest BCUT2D eigenvalue weighted by Gasteiger charge is 2.44. The predicted molar refractivity (Wildman–Crippen MR) is 63.2 cm³/mol. The normalized spacial score (nSPS) is 16.4. The number of hydrogen-bond donors (Lipinski definition) is 0. The number of methoxy groups -OCH3 is 2. The Morgan fingerprint density at radius 3 is 2.50 bits per heavy atom. The highest BCUT2D eigenvalue weighted by atomic mass is 19.1. The SMILES string of the molecule is COc1ccc(F)c(C2(N=C=O)CCC2)c1OC. The summed E-state index contributed by atoms with van der Waals surface area (Å²) in [6, 6.07) is 2.80. The van der Waals surface area contributed by atoms with Crippen LogP contribution in [-0.2, 0) is 10.3 Å². The van der Waals surface area contributed by atoms with Gasteiger partial charge in [-0.15, -0.1) is 0 Å². The molecule has 5 heteroatoms. The van der Waals surface area contributed by atoms with Crippen LogP contribution in [0.4, 0.5) is 4.39 Å². The van der Waals surface area contributed by atoms with Gasteiger partial charge in [0.15, 0.2) is 11.5 Å². The summed E-state index contributed by atoms with van der Waals surface area (Å²) in [5.74, 6) is 0.295. The minimum absolute atomic E-state index is 0.291. The van der Waals surface area contributed by atoms with Crippen LogP contribution in [0.1, 0.15) is 24.8 Å². The van der Waals surface area contributed by atoms with Gasteiger partial charge >= 0.3 is 0 Å². The Labute approximate surface area is 104 Å². The maximum atomic E-state index is 14.1. The number of aliphatic imine (C=N–C) groups is 1. The largest absolute Gasteiger partial charge is 0.493 e. The second-order valence-corrected chi connectivity index (χ2v) is 4.25. The number of rotatable bonds is 4. The zero-order chi connectivity index (χ0) is 13.2. The lowest BCUT2D eigenvalue weighted by Crippen LogP contribution is -2.33. The van der Waals surface area contributed by atoms with E-state index in [0.717, 1.165) is 6.42 Å². The summed E-state index contributed by atoms with van der Waals surface area (Å²) in [7, 11) is 2.92. The lowest BCUT2D eigenvalue weighted by Gasteiger charge is -2.38. The van der Waals surface area contributed by atoms with Crippen LogP contribution in [0.25, 0.3) is 0 Å². The number of halogens is 1. The summed E-state index contributed by atoms with van der Waals surface area (Å²) in [4.78, 5) is 14.4. The van der Waals surface area contributed by atoms with Crippen LogP contribution in [-0.4, -0.2) is 20.3 Å². The van der Waals surface area contributed by atoms with E-state index in [9.17, 15) is 9.18 Å². The monoisotopic (exact) mass is 251 g/mol. The number of isocyanates is 1. The van der Waals surface area contributed by atoms with Crippen LogP contribution < -0.4 is 9.47 Å². The molecule has 1 aromatic carbocycles. The summed E-state index contributed by atoms with van der Waals surface area (Å²) in [6.45, 7) is 0.